The molecule has 6 N–H and O–H groups in total. The Labute approximate surface area is 208 Å². The van der Waals surface area contributed by atoms with Crippen molar-refractivity contribution in [3.05, 3.63) is 53.8 Å². The molecule has 0 fully saturated rings. The van der Waals surface area contributed by atoms with Crippen LogP contribution < -0.4 is 21.3 Å². The smallest absolute Gasteiger partial charge is 0.370 e. The van der Waals surface area contributed by atoms with Crippen molar-refractivity contribution in [1.29, 1.82) is 0 Å². The maximum atomic E-state index is 12.7. The second-order valence-corrected chi connectivity index (χ2v) is 8.61. The highest BCUT2D eigenvalue weighted by atomic mass is 16.6. The maximum absolute atomic E-state index is 12.7. The molecule has 0 saturated heterocycles. The highest BCUT2D eigenvalue weighted by Crippen LogP contribution is 2.29. The first-order valence-corrected chi connectivity index (χ1v) is 11.4. The van der Waals surface area contributed by atoms with Gasteiger partial charge in [0.25, 0.3) is 0 Å². The summed E-state index contributed by atoms with van der Waals surface area (Å²) in [6.07, 6.45) is -0.191. The summed E-state index contributed by atoms with van der Waals surface area (Å²) in [6, 6.07) is 10.4. The van der Waals surface area contributed by atoms with E-state index >= 15 is 0 Å². The lowest BCUT2D eigenvalue weighted by molar-refractivity contribution is -0.160. The van der Waals surface area contributed by atoms with Crippen LogP contribution in [0, 0.1) is 0 Å². The van der Waals surface area contributed by atoms with Gasteiger partial charge < -0.3 is 24.4 Å². The summed E-state index contributed by atoms with van der Waals surface area (Å²) < 4.78 is 16.0. The number of rotatable bonds is 10. The van der Waals surface area contributed by atoms with Gasteiger partial charge in [-0.2, -0.15) is 0 Å². The van der Waals surface area contributed by atoms with Crippen molar-refractivity contribution in [3.8, 4) is 5.75 Å². The number of methoxy groups -OCH3 is 1. The number of hydrogen-bond donors (Lipinski definition) is 5. The van der Waals surface area contributed by atoms with Gasteiger partial charge in [-0.25, -0.2) is 10.2 Å². The van der Waals surface area contributed by atoms with Crippen molar-refractivity contribution in [3.63, 3.8) is 0 Å². The van der Waals surface area contributed by atoms with E-state index in [2.05, 4.69) is 10.9 Å². The van der Waals surface area contributed by atoms with Crippen molar-refractivity contribution in [1.82, 2.24) is 10.9 Å². The highest BCUT2D eigenvalue weighted by Gasteiger charge is 2.47. The number of hydrogen-bond acceptors (Lipinski definition) is 9. The van der Waals surface area contributed by atoms with Gasteiger partial charge in [0.15, 0.2) is 0 Å². The number of nitrogens with one attached hydrogen (secondary N) is 2. The number of carbonyl (C=O) groups is 3. The van der Waals surface area contributed by atoms with Crippen LogP contribution >= 0.6 is 0 Å². The fourth-order valence-corrected chi connectivity index (χ4v) is 3.90. The number of esters is 1. The quantitative estimate of drug-likeness (QED) is 0.236. The van der Waals surface area contributed by atoms with Crippen LogP contribution in [0.5, 0.6) is 5.75 Å². The van der Waals surface area contributed by atoms with Crippen LogP contribution in [0.2, 0.25) is 0 Å². The molecule has 2 aromatic carbocycles. The van der Waals surface area contributed by atoms with Crippen LogP contribution in [0.15, 0.2) is 48.2 Å². The molecule has 0 saturated carbocycles. The topological polar surface area (TPSA) is 169 Å². The summed E-state index contributed by atoms with van der Waals surface area (Å²) in [5, 5.41) is 22.0. The molecule has 4 atom stereocenters. The molecule has 1 aliphatic rings. The molecule has 0 radical (unpaired) electrons. The lowest BCUT2D eigenvalue weighted by atomic mass is 9.91. The largest absolute Gasteiger partial charge is 0.497 e. The Balaban J connectivity index is 1.62. The molecule has 2 aromatic rings. The average molecular weight is 502 g/mol. The third-order valence-corrected chi connectivity index (χ3v) is 6.08. The monoisotopic (exact) mass is 501 g/mol. The Morgan fingerprint density at radius 1 is 1.22 bits per heavy atom. The van der Waals surface area contributed by atoms with Gasteiger partial charge in [-0.05, 0) is 47.9 Å². The van der Waals surface area contributed by atoms with Gasteiger partial charge in [0.05, 0.1) is 25.7 Å². The molecule has 11 nitrogen and oxygen atoms in total. The minimum Gasteiger partial charge on any atom is -0.497 e. The molecule has 0 bridgehead atoms. The van der Waals surface area contributed by atoms with Gasteiger partial charge >= 0.3 is 11.9 Å². The van der Waals surface area contributed by atoms with Crippen LogP contribution in [-0.4, -0.2) is 59.6 Å². The number of carbonyl (C=O) groups excluding carboxylic acids is 2. The van der Waals surface area contributed by atoms with Crippen molar-refractivity contribution in [2.45, 2.75) is 50.5 Å². The minimum atomic E-state index is -1.90. The first-order chi connectivity index (χ1) is 17.0. The fourth-order valence-electron chi connectivity index (χ4n) is 3.90. The van der Waals surface area contributed by atoms with E-state index in [9.17, 15) is 24.6 Å². The Bertz CT molecular complexity index is 1170. The van der Waals surface area contributed by atoms with Gasteiger partial charge in [-0.3, -0.25) is 20.7 Å². The fraction of sp³-hybridized carbons (Fsp3) is 0.400. The number of aliphatic carboxylic acids is 1. The summed E-state index contributed by atoms with van der Waals surface area (Å²) in [4.78, 5) is 35.3. The first kappa shape index (κ1) is 26.9. The van der Waals surface area contributed by atoms with Crippen molar-refractivity contribution >= 4 is 28.6 Å². The second-order valence-electron chi connectivity index (χ2n) is 8.61. The first-order valence-electron chi connectivity index (χ1n) is 11.4. The van der Waals surface area contributed by atoms with Gasteiger partial charge in [-0.1, -0.05) is 24.3 Å². The average Bonchev–Trinajstić information content (AvgIpc) is 2.86. The van der Waals surface area contributed by atoms with Gasteiger partial charge in [0.1, 0.15) is 11.9 Å². The predicted molar refractivity (Wildman–Crippen MR) is 130 cm³/mol. The predicted octanol–water partition coefficient (Wildman–Crippen LogP) is 1.30. The summed E-state index contributed by atoms with van der Waals surface area (Å²) in [5.41, 5.74) is 10.1. The van der Waals surface area contributed by atoms with Crippen LogP contribution in [0.25, 0.3) is 10.8 Å². The molecular weight excluding hydrogens is 470 g/mol. The molecule has 0 aliphatic carbocycles. The zero-order chi connectivity index (χ0) is 26.5. The maximum Gasteiger partial charge on any atom is 0.370 e. The number of aliphatic hydroxyl groups is 1. The van der Waals surface area contributed by atoms with Crippen molar-refractivity contribution in [2.75, 3.05) is 13.7 Å². The van der Waals surface area contributed by atoms with E-state index in [1.54, 1.807) is 14.0 Å². The number of nitrogens with two attached hydrogens (primary N) is 1. The number of benzene rings is 2. The number of fused-ring (bicyclic) bond motifs is 1. The number of carboxylic acids is 1. The number of amides is 1. The number of hydrazine groups is 1. The van der Waals surface area contributed by atoms with E-state index in [-0.39, 0.29) is 19.4 Å². The van der Waals surface area contributed by atoms with E-state index in [0.717, 1.165) is 22.1 Å². The van der Waals surface area contributed by atoms with E-state index in [4.69, 9.17) is 19.9 Å². The molecule has 36 heavy (non-hydrogen) atoms. The molecule has 0 unspecified atom stereocenters. The van der Waals surface area contributed by atoms with Crippen LogP contribution in [0.4, 0.5) is 0 Å². The highest BCUT2D eigenvalue weighted by molar-refractivity contribution is 5.87. The molecule has 3 rings (SSSR count). The van der Waals surface area contributed by atoms with Crippen LogP contribution in [0.3, 0.4) is 0 Å². The summed E-state index contributed by atoms with van der Waals surface area (Å²) in [6.45, 7) is 2.81. The third kappa shape index (κ3) is 6.11. The van der Waals surface area contributed by atoms with E-state index in [0.29, 0.717) is 0 Å². The van der Waals surface area contributed by atoms with E-state index < -0.39 is 47.4 Å². The Morgan fingerprint density at radius 2 is 1.92 bits per heavy atom. The summed E-state index contributed by atoms with van der Waals surface area (Å²) in [5.74, 6) is -2.50. The molecule has 1 heterocycles. The summed E-state index contributed by atoms with van der Waals surface area (Å²) >= 11 is 0. The Morgan fingerprint density at radius 3 is 2.58 bits per heavy atom. The lowest BCUT2D eigenvalue weighted by Gasteiger charge is -2.43. The standard InChI is InChI=1S/C25H31N3O8/c1-14(16-4-5-18-13-19(34-3)7-6-17(18)12-16)24(33)35-11-10-22(30)25(26)21(28-27-15(2)29)9-8-20(36-25)23(31)32/h4-8,12-14,21-22,28,30H,9-11,26H2,1-3H3,(H,27,29)(H,31,32)/t14-,21+,22+,25+/m0/s1. The van der Waals surface area contributed by atoms with E-state index in [1.165, 1.54) is 13.0 Å². The minimum absolute atomic E-state index is 0.0696. The zero-order valence-electron chi connectivity index (χ0n) is 20.3. The second kappa shape index (κ2) is 11.4. The van der Waals surface area contributed by atoms with Crippen molar-refractivity contribution < 1.29 is 38.8 Å². The lowest BCUT2D eigenvalue weighted by Crippen LogP contribution is -2.69. The van der Waals surface area contributed by atoms with Gasteiger partial charge in [-0.15, -0.1) is 0 Å². The molecule has 0 aromatic heterocycles. The van der Waals surface area contributed by atoms with Crippen LogP contribution in [-0.2, 0) is 23.9 Å². The molecule has 0 spiro atoms. The molecule has 1 amide bonds. The molecule has 194 valence electrons. The van der Waals surface area contributed by atoms with Gasteiger partial charge in [0, 0.05) is 13.3 Å². The van der Waals surface area contributed by atoms with Gasteiger partial charge in [0.2, 0.25) is 17.4 Å². The number of ether oxygens (including phenoxy) is 3. The Kier molecular flexibility index (Phi) is 8.51. The number of carboxylic acid groups (broad SMARTS) is 1. The van der Waals surface area contributed by atoms with Crippen molar-refractivity contribution in [2.24, 2.45) is 5.73 Å². The van der Waals surface area contributed by atoms with E-state index in [1.807, 2.05) is 36.4 Å². The summed E-state index contributed by atoms with van der Waals surface area (Å²) in [7, 11) is 1.60. The Hall–Kier alpha value is -3.67. The van der Waals surface area contributed by atoms with Crippen LogP contribution in [0.1, 0.15) is 38.2 Å². The zero-order valence-corrected chi connectivity index (χ0v) is 20.3. The molecule has 1 aliphatic heterocycles. The SMILES string of the molecule is COc1ccc2cc([C@H](C)C(=O)OCC[C@@H](O)[C@]3(N)OC(C(=O)O)=CC[C@H]3NNC(C)=O)ccc2c1. The molecule has 11 heteroatoms. The number of aliphatic hydroxyl groups excluding tert-OH is 1. The molecular formula is C25H31N3O8. The third-order valence-electron chi connectivity index (χ3n) is 6.08. The normalized spacial score (nSPS) is 21.0.